The molecule has 0 radical (unpaired) electrons. The molecular weight excluding hydrogens is 490 g/mol. The van der Waals surface area contributed by atoms with Crippen LogP contribution >= 0.6 is 22.7 Å². The third-order valence-corrected chi connectivity index (χ3v) is 8.63. The fourth-order valence-electron chi connectivity index (χ4n) is 2.07. The summed E-state index contributed by atoms with van der Waals surface area (Å²) >= 11 is 1.56. The van der Waals surface area contributed by atoms with E-state index in [1.54, 1.807) is 27.7 Å². The number of ether oxygens (including phenoxy) is 1. The van der Waals surface area contributed by atoms with Crippen LogP contribution in [0.25, 0.3) is 0 Å². The van der Waals surface area contributed by atoms with E-state index in [2.05, 4.69) is 5.32 Å². The number of carbonyl (C=O) groups excluding carboxylic acids is 1. The molecule has 0 bridgehead atoms. The third-order valence-electron chi connectivity index (χ3n) is 3.10. The van der Waals surface area contributed by atoms with Gasteiger partial charge in [-0.2, -0.15) is 0 Å². The van der Waals surface area contributed by atoms with Crippen LogP contribution in [0.1, 0.15) is 41.6 Å². The second-order valence-electron chi connectivity index (χ2n) is 7.18. The first kappa shape index (κ1) is 27.0. The number of hydrogen-bond donors (Lipinski definition) is 4. The van der Waals surface area contributed by atoms with Crippen molar-refractivity contribution in [2.75, 3.05) is 5.32 Å². The van der Waals surface area contributed by atoms with Gasteiger partial charge in [0.05, 0.1) is 5.00 Å². The highest BCUT2D eigenvalue weighted by Crippen LogP contribution is 2.30. The Morgan fingerprint density at radius 1 is 0.968 bits per heavy atom. The number of sulfonamides is 2. The van der Waals surface area contributed by atoms with Crippen LogP contribution in [0.15, 0.2) is 20.6 Å². The van der Waals surface area contributed by atoms with Crippen LogP contribution in [0, 0.1) is 13.8 Å². The van der Waals surface area contributed by atoms with Crippen molar-refractivity contribution >= 4 is 59.8 Å². The molecule has 0 atom stereocenters. The van der Waals surface area contributed by atoms with Gasteiger partial charge in [0, 0.05) is 0 Å². The Kier molecular flexibility index (Phi) is 8.38. The molecule has 0 spiro atoms. The molecule has 31 heavy (non-hydrogen) atoms. The Morgan fingerprint density at radius 2 is 1.42 bits per heavy atom. The Balaban J connectivity index is 0.000000327. The average molecular weight is 514 g/mol. The average Bonchev–Trinajstić information content (AvgIpc) is 3.08. The van der Waals surface area contributed by atoms with Crippen molar-refractivity contribution in [1.82, 2.24) is 0 Å². The molecule has 2 aromatic heterocycles. The number of carbonyl (C=O) groups is 2. The molecule has 0 aliphatic rings. The highest BCUT2D eigenvalue weighted by atomic mass is 32.3. The number of aromatic carboxylic acids is 1. The van der Waals surface area contributed by atoms with Gasteiger partial charge in [0.25, 0.3) is 0 Å². The summed E-state index contributed by atoms with van der Waals surface area (Å²) < 4.78 is 49.2. The zero-order chi connectivity index (χ0) is 24.4. The topological polar surface area (TPSA) is 196 Å². The van der Waals surface area contributed by atoms with Gasteiger partial charge in [0.2, 0.25) is 20.0 Å². The van der Waals surface area contributed by atoms with Gasteiger partial charge in [0.1, 0.15) is 18.9 Å². The van der Waals surface area contributed by atoms with E-state index in [-0.39, 0.29) is 13.3 Å². The lowest BCUT2D eigenvalue weighted by Gasteiger charge is -2.19. The fourth-order valence-corrected chi connectivity index (χ4v) is 6.08. The number of aryl methyl sites for hydroxylation is 2. The SMILES string of the molecule is Cc1cc(C(=O)O)sc1S(N)(=O)=O.Cc1cc(NC(=O)OC(C)(C)C)sc1S(N)(=O)=O. The molecule has 0 unspecified atom stereocenters. The first-order valence-electron chi connectivity index (χ1n) is 8.31. The summed E-state index contributed by atoms with van der Waals surface area (Å²) in [4.78, 5) is 21.9. The summed E-state index contributed by atoms with van der Waals surface area (Å²) in [6, 6.07) is 2.82. The van der Waals surface area contributed by atoms with Crippen LogP contribution in [-0.2, 0) is 24.8 Å². The molecule has 2 heterocycles. The highest BCUT2D eigenvalue weighted by Gasteiger charge is 2.20. The summed E-state index contributed by atoms with van der Waals surface area (Å²) in [6.07, 6.45) is -0.635. The quantitative estimate of drug-likeness (QED) is 0.478. The van der Waals surface area contributed by atoms with E-state index < -0.39 is 37.7 Å². The summed E-state index contributed by atoms with van der Waals surface area (Å²) in [6.45, 7) is 8.32. The standard InChI is InChI=1S/C10H16N2O4S2.C6H7NO4S2/c1-6-5-7(17-8(6)18(11,14)15)12-9(13)16-10(2,3)4;1-3-2-4(5(8)9)12-6(3)13(7,10)11/h5H,1-4H3,(H,12,13)(H2,11,14,15);2H,1H3,(H,8,9)(H2,7,10,11). The summed E-state index contributed by atoms with van der Waals surface area (Å²) in [5.74, 6) is -1.15. The summed E-state index contributed by atoms with van der Waals surface area (Å²) in [5, 5.41) is 21.3. The Hall–Kier alpha value is -2.04. The predicted octanol–water partition coefficient (Wildman–Crippen LogP) is 2.45. The molecule has 0 aliphatic heterocycles. The number of amides is 1. The van der Waals surface area contributed by atoms with Crippen molar-refractivity contribution in [3.05, 3.63) is 28.1 Å². The van der Waals surface area contributed by atoms with E-state index in [0.29, 0.717) is 27.5 Å². The molecule has 2 rings (SSSR count). The van der Waals surface area contributed by atoms with Crippen molar-refractivity contribution in [3.63, 3.8) is 0 Å². The van der Waals surface area contributed by atoms with Gasteiger partial charge in [-0.1, -0.05) is 0 Å². The van der Waals surface area contributed by atoms with E-state index in [9.17, 15) is 26.4 Å². The van der Waals surface area contributed by atoms with Crippen molar-refractivity contribution in [3.8, 4) is 0 Å². The zero-order valence-electron chi connectivity index (χ0n) is 17.2. The zero-order valence-corrected chi connectivity index (χ0v) is 20.5. The monoisotopic (exact) mass is 513 g/mol. The number of rotatable bonds is 4. The van der Waals surface area contributed by atoms with Crippen molar-refractivity contribution in [2.45, 2.75) is 48.6 Å². The van der Waals surface area contributed by atoms with Crippen molar-refractivity contribution < 1.29 is 36.3 Å². The van der Waals surface area contributed by atoms with Crippen LogP contribution < -0.4 is 15.6 Å². The van der Waals surface area contributed by atoms with Crippen LogP contribution in [0.4, 0.5) is 9.80 Å². The minimum atomic E-state index is -3.79. The molecule has 0 fully saturated rings. The molecule has 174 valence electrons. The molecule has 0 saturated carbocycles. The Labute approximate surface area is 188 Å². The number of anilines is 1. The van der Waals surface area contributed by atoms with Gasteiger partial charge in [-0.25, -0.2) is 36.7 Å². The maximum atomic E-state index is 11.5. The molecule has 1 amide bonds. The van der Waals surface area contributed by atoms with Gasteiger partial charge in [-0.3, -0.25) is 5.32 Å². The second kappa shape index (κ2) is 9.62. The smallest absolute Gasteiger partial charge is 0.412 e. The van der Waals surface area contributed by atoms with Gasteiger partial charge in [-0.15, -0.1) is 22.7 Å². The summed E-state index contributed by atoms with van der Waals surface area (Å²) in [5.41, 5.74) is 0.248. The number of hydrogen-bond acceptors (Lipinski definition) is 9. The number of thiophene rings is 2. The van der Waals surface area contributed by atoms with E-state index in [0.717, 1.165) is 11.3 Å². The van der Waals surface area contributed by atoms with Crippen LogP contribution in [0.2, 0.25) is 0 Å². The molecule has 2 aromatic rings. The lowest BCUT2D eigenvalue weighted by molar-refractivity contribution is 0.0634. The largest absolute Gasteiger partial charge is 0.477 e. The van der Waals surface area contributed by atoms with Crippen LogP contribution in [0.3, 0.4) is 0 Å². The Bertz CT molecular complexity index is 1190. The van der Waals surface area contributed by atoms with Crippen molar-refractivity contribution in [2.24, 2.45) is 10.3 Å². The van der Waals surface area contributed by atoms with E-state index in [1.807, 2.05) is 0 Å². The molecule has 6 N–H and O–H groups in total. The van der Waals surface area contributed by atoms with Gasteiger partial charge in [-0.05, 0) is 57.9 Å². The number of nitrogens with two attached hydrogens (primary N) is 2. The second-order valence-corrected chi connectivity index (χ2v) is 12.8. The minimum absolute atomic E-state index is 0.0264. The molecule has 0 aliphatic carbocycles. The maximum Gasteiger partial charge on any atom is 0.412 e. The van der Waals surface area contributed by atoms with Gasteiger partial charge < -0.3 is 9.84 Å². The maximum absolute atomic E-state index is 11.5. The van der Waals surface area contributed by atoms with Gasteiger partial charge >= 0.3 is 12.1 Å². The molecule has 0 aromatic carbocycles. The first-order valence-corrected chi connectivity index (χ1v) is 13.0. The first-order chi connectivity index (χ1) is 13.8. The van der Waals surface area contributed by atoms with Gasteiger partial charge in [0.15, 0.2) is 0 Å². The fraction of sp³-hybridized carbons (Fsp3) is 0.375. The highest BCUT2D eigenvalue weighted by molar-refractivity contribution is 7.91. The lowest BCUT2D eigenvalue weighted by Crippen LogP contribution is -2.26. The molecule has 11 nitrogen and oxygen atoms in total. The van der Waals surface area contributed by atoms with Crippen LogP contribution in [0.5, 0.6) is 0 Å². The van der Waals surface area contributed by atoms with E-state index in [4.69, 9.17) is 20.1 Å². The number of nitrogens with one attached hydrogen (secondary N) is 1. The molecular formula is C16H23N3O8S4. The number of carboxylic acid groups (broad SMARTS) is 1. The lowest BCUT2D eigenvalue weighted by atomic mass is 10.2. The molecule has 0 saturated heterocycles. The molecule has 15 heteroatoms. The van der Waals surface area contributed by atoms with Crippen LogP contribution in [-0.4, -0.2) is 39.6 Å². The predicted molar refractivity (Wildman–Crippen MR) is 118 cm³/mol. The van der Waals surface area contributed by atoms with E-state index >= 15 is 0 Å². The number of carboxylic acids is 1. The summed E-state index contributed by atoms with van der Waals surface area (Å²) in [7, 11) is -7.55. The Morgan fingerprint density at radius 3 is 1.74 bits per heavy atom. The van der Waals surface area contributed by atoms with Crippen molar-refractivity contribution in [1.29, 1.82) is 0 Å². The minimum Gasteiger partial charge on any atom is -0.477 e. The number of primary sulfonamides is 2. The normalized spacial score (nSPS) is 12.0. The third kappa shape index (κ3) is 8.54. The van der Waals surface area contributed by atoms with E-state index in [1.165, 1.54) is 19.1 Å².